The second kappa shape index (κ2) is 33.4. The molecule has 3 aliphatic carbocycles. The summed E-state index contributed by atoms with van der Waals surface area (Å²) >= 11 is 9.82. The van der Waals surface area contributed by atoms with Gasteiger partial charge in [-0.05, 0) is 94.1 Å². The van der Waals surface area contributed by atoms with Crippen LogP contribution in [0.25, 0.3) is 33.5 Å². The van der Waals surface area contributed by atoms with Crippen LogP contribution in [0.2, 0.25) is 0 Å². The lowest BCUT2D eigenvalue weighted by Gasteiger charge is -2.67. The standard InChI is InChI=1S/C43H53NO14.C20H22N8O5.C5H5N5S.C5H4N4S/c1-22-26(55-37(51)32(48)30(24-15-11-9-12-16-24)44-38(52)58-39(3,4)5)20-43(53)35(56-36(50)25-17-13-10-14-18-25)33-41(8,34(49)31(47)29(22)40(43,6)7)27(46)19-28-42(33,21-54-28)57-23(2)45;1-28(9-11-8-23-17-15(24-11)16(21)26-20(22)27-17)12-4-2-10(3-5-12)18(31)25-13(19(32)33)6-7-14(29)30;6-5-9-3-2(4(11)10-5)7-1-8-3;10-5-3-4(7-1-6-3)8-2-9-5/h9-18,26-28,30-33,35,46-48,53H,19-21H2,1-8H3,(H,44,52);2-5,8,13H,6-7,9H2,1H3,(H,25,31)(H,29,30)(H,32,33)(H4,21,22,23,26,27);1H,(H4,6,7,8,9,10,11);1-2H,(H2,6,7,8,9,10)/t26-,27-,28+,30-,31+,32+,33-,35-,41+,42-,43+;13-;;/m00../s1. The van der Waals surface area contributed by atoms with Crippen LogP contribution >= 0.6 is 24.4 Å². The van der Waals surface area contributed by atoms with Crippen molar-refractivity contribution in [3.05, 3.63) is 153 Å². The highest BCUT2D eigenvalue weighted by atomic mass is 32.1. The van der Waals surface area contributed by atoms with E-state index in [0.717, 1.165) is 23.8 Å². The first-order valence-electron chi connectivity index (χ1n) is 34.8. The number of aliphatic carboxylic acids is 2. The molecule has 592 valence electrons. The van der Waals surface area contributed by atoms with Crippen molar-refractivity contribution >= 4 is 129 Å². The van der Waals surface area contributed by atoms with Gasteiger partial charge in [0.2, 0.25) is 11.9 Å². The van der Waals surface area contributed by atoms with E-state index in [-0.39, 0.29) is 65.9 Å². The summed E-state index contributed by atoms with van der Waals surface area (Å²) in [4.78, 5) is 149. The summed E-state index contributed by atoms with van der Waals surface area (Å²) in [6.45, 7) is 12.2. The zero-order valence-electron chi connectivity index (χ0n) is 61.9. The van der Waals surface area contributed by atoms with E-state index in [1.165, 1.54) is 50.8 Å². The van der Waals surface area contributed by atoms with Crippen molar-refractivity contribution in [2.75, 3.05) is 35.8 Å². The van der Waals surface area contributed by atoms with E-state index >= 15 is 0 Å². The number of ketones is 1. The third-order valence-electron chi connectivity index (χ3n) is 19.8. The number of hydrogen-bond donors (Lipinski definition) is 15. The highest BCUT2D eigenvalue weighted by molar-refractivity contribution is 7.71. The summed E-state index contributed by atoms with van der Waals surface area (Å²) in [6.07, 6.45) is -5.86. The highest BCUT2D eigenvalue weighted by Crippen LogP contribution is 2.64. The second-order valence-electron chi connectivity index (χ2n) is 28.7. The number of carboxylic acid groups (broad SMARTS) is 2. The van der Waals surface area contributed by atoms with E-state index in [9.17, 15) is 63.9 Å². The van der Waals surface area contributed by atoms with Gasteiger partial charge < -0.3 is 107 Å². The third kappa shape index (κ3) is 17.5. The number of H-pyrrole nitrogens is 4. The normalized spacial score (nSPS) is 22.8. The molecule has 3 aromatic carbocycles. The molecule has 2 amide bonds. The van der Waals surface area contributed by atoms with Gasteiger partial charge in [-0.25, -0.2) is 49.1 Å². The van der Waals surface area contributed by atoms with Crippen molar-refractivity contribution < 1.29 is 92.7 Å². The fraction of sp³-hybridized carbons (Fsp3) is 0.397. The van der Waals surface area contributed by atoms with Gasteiger partial charge in [0.05, 0.1) is 73.1 Å². The van der Waals surface area contributed by atoms with E-state index in [4.69, 9.17) is 70.4 Å². The molecule has 9 aromatic rings. The Labute approximate surface area is 647 Å². The van der Waals surface area contributed by atoms with E-state index in [1.807, 2.05) is 11.9 Å². The van der Waals surface area contributed by atoms with Gasteiger partial charge in [-0.15, -0.1) is 0 Å². The first-order valence-corrected chi connectivity index (χ1v) is 35.6. The summed E-state index contributed by atoms with van der Waals surface area (Å²) in [7, 11) is 1.82. The second-order valence-corrected chi connectivity index (χ2v) is 29.4. The Morgan fingerprint density at radius 3 is 2.04 bits per heavy atom. The molecule has 0 spiro atoms. The monoisotopic (exact) mass is 1580 g/mol. The number of alkyl carbamates (subject to hydrolysis) is 1. The Hall–Kier alpha value is -11.9. The third-order valence-corrected chi connectivity index (χ3v) is 20.5. The van der Waals surface area contributed by atoms with Gasteiger partial charge in [0, 0.05) is 49.9 Å². The lowest BCUT2D eigenvalue weighted by Crippen LogP contribution is -2.81. The van der Waals surface area contributed by atoms with Crippen molar-refractivity contribution in [3.63, 3.8) is 0 Å². The molecule has 3 fully saturated rings. The summed E-state index contributed by atoms with van der Waals surface area (Å²) in [5, 5.41) is 71.8. The number of aromatic nitrogens is 12. The molecule has 1 saturated heterocycles. The number of aliphatic hydroxyl groups is 4. The quantitative estimate of drug-likeness (QED) is 0.0243. The van der Waals surface area contributed by atoms with Crippen LogP contribution in [0.4, 0.5) is 28.2 Å². The number of benzene rings is 3. The molecule has 6 aromatic heterocycles. The van der Waals surface area contributed by atoms with Crippen LogP contribution in [0.5, 0.6) is 0 Å². The zero-order valence-corrected chi connectivity index (χ0v) is 63.5. The molecular formula is C73H84N18O19S2. The number of ether oxygens (including phenoxy) is 5. The van der Waals surface area contributed by atoms with Gasteiger partial charge in [0.1, 0.15) is 52.7 Å². The van der Waals surface area contributed by atoms with Crippen molar-refractivity contribution in [1.29, 1.82) is 0 Å². The number of anilines is 4. The molecule has 39 heteroatoms. The largest absolute Gasteiger partial charge is 0.481 e. The molecular weight excluding hydrogens is 1500 g/mol. The number of nitrogens with zero attached hydrogens (tertiary/aromatic N) is 9. The Balaban J connectivity index is 0.000000202. The fourth-order valence-corrected chi connectivity index (χ4v) is 14.7. The molecule has 13 rings (SSSR count). The molecule has 1 aliphatic heterocycles. The number of hydrogen-bond acceptors (Lipinski definition) is 31. The molecule has 2 bridgehead atoms. The predicted octanol–water partition coefficient (Wildman–Crippen LogP) is 5.14. The number of amides is 2. The summed E-state index contributed by atoms with van der Waals surface area (Å²) < 4.78 is 30.5. The number of imidazole rings is 2. The van der Waals surface area contributed by atoms with Crippen LogP contribution in [0.1, 0.15) is 119 Å². The minimum atomic E-state index is -2.35. The molecule has 12 atom stereocenters. The minimum absolute atomic E-state index is 0.0138. The molecule has 18 N–H and O–H groups in total. The summed E-state index contributed by atoms with van der Waals surface area (Å²) in [5.41, 5.74) is 13.8. The number of rotatable bonds is 17. The van der Waals surface area contributed by atoms with Gasteiger partial charge in [-0.3, -0.25) is 19.2 Å². The predicted molar refractivity (Wildman–Crippen MR) is 404 cm³/mol. The van der Waals surface area contributed by atoms with Crippen molar-refractivity contribution in [2.24, 2.45) is 16.7 Å². The number of nitrogen functional groups attached to an aromatic ring is 3. The molecule has 0 unspecified atom stereocenters. The smallest absolute Gasteiger partial charge is 0.408 e. The Bertz CT molecular complexity index is 5200. The molecule has 7 heterocycles. The van der Waals surface area contributed by atoms with Gasteiger partial charge in [-0.2, -0.15) is 9.97 Å². The van der Waals surface area contributed by atoms with Crippen LogP contribution in [0, 0.1) is 26.0 Å². The number of aliphatic hydroxyl groups excluding tert-OH is 3. The van der Waals surface area contributed by atoms with E-state index in [2.05, 4.69) is 70.4 Å². The number of Topliss-reactive ketones (excluding diaryl/α,β-unsaturated/α-hetero) is 1. The van der Waals surface area contributed by atoms with Crippen LogP contribution in [-0.2, 0) is 54.2 Å². The van der Waals surface area contributed by atoms with Crippen molar-refractivity contribution in [3.8, 4) is 0 Å². The number of carbonyl (C=O) groups excluding carboxylic acids is 6. The Morgan fingerprint density at radius 2 is 1.43 bits per heavy atom. The number of carboxylic acids is 2. The number of carbonyl (C=O) groups is 8. The minimum Gasteiger partial charge on any atom is -0.481 e. The van der Waals surface area contributed by atoms with Gasteiger partial charge in [-0.1, -0.05) is 86.8 Å². The summed E-state index contributed by atoms with van der Waals surface area (Å²) in [5.74, 6) is -7.98. The average molecular weight is 1580 g/mol. The molecule has 4 aliphatic rings. The number of nitrogens with two attached hydrogens (primary N) is 3. The molecule has 0 radical (unpaired) electrons. The van der Waals surface area contributed by atoms with Crippen molar-refractivity contribution in [2.45, 2.75) is 153 Å². The zero-order chi connectivity index (χ0) is 81.7. The van der Waals surface area contributed by atoms with E-state index < -0.39 is 136 Å². The van der Waals surface area contributed by atoms with Crippen LogP contribution < -0.4 is 32.7 Å². The lowest BCUT2D eigenvalue weighted by atomic mass is 9.44. The van der Waals surface area contributed by atoms with Crippen LogP contribution in [0.15, 0.2) is 121 Å². The number of nitrogens with one attached hydrogen (secondary N) is 6. The van der Waals surface area contributed by atoms with Gasteiger partial charge in [0.15, 0.2) is 55.0 Å². The van der Waals surface area contributed by atoms with Gasteiger partial charge >= 0.3 is 35.9 Å². The van der Waals surface area contributed by atoms with Crippen LogP contribution in [0.3, 0.4) is 0 Å². The topological polar surface area (TPSA) is 576 Å². The Kier molecular flexibility index (Phi) is 24.6. The fourth-order valence-electron chi connectivity index (χ4n) is 14.2. The average Bonchev–Trinajstić information content (AvgIpc) is 0.717. The maximum Gasteiger partial charge on any atom is 0.408 e. The SMILES string of the molecule is CC(=O)O[C@@]12CO[C@@H]1C[C@H](O)[C@@]1(C)C(=O)[C@H](O)C3=C(C)[C@@H](OC(=O)[C@H](O)[C@@H](NC(=O)OC(C)(C)C)c4ccccc4)C[C@@](O)([C@@H](OC(=O)c4ccccc4)[C@H]21)C3(C)C.CN(Cc1cnc2nc(N)nc(N)c2n1)c1ccc(C(=O)N[C@@H](CCC(=O)O)C(=O)O)cc1.Nc1nc(=S)c2[nH]cnc2[nH]1.S=c1nc[nH]c2nc[nH]c12. The van der Waals surface area contributed by atoms with Gasteiger partial charge in [0.25, 0.3) is 5.91 Å². The Morgan fingerprint density at radius 1 is 0.795 bits per heavy atom. The molecule has 37 nitrogen and oxygen atoms in total. The molecule has 2 saturated carbocycles. The highest BCUT2D eigenvalue weighted by Gasteiger charge is 2.78. The maximum absolute atomic E-state index is 14.9. The summed E-state index contributed by atoms with van der Waals surface area (Å²) in [6, 6.07) is 19.8. The maximum atomic E-state index is 14.9. The first kappa shape index (κ1) is 82.6. The number of fused-ring (bicyclic) bond motifs is 8. The van der Waals surface area contributed by atoms with E-state index in [1.54, 1.807) is 108 Å². The van der Waals surface area contributed by atoms with Crippen LogP contribution in [-0.4, -0.2) is 211 Å². The first-order chi connectivity index (χ1) is 52.8. The molecule has 112 heavy (non-hydrogen) atoms. The lowest BCUT2D eigenvalue weighted by molar-refractivity contribution is -0.346. The van der Waals surface area contributed by atoms with E-state index in [0.29, 0.717) is 49.4 Å². The number of aromatic amines is 4. The number of esters is 3. The van der Waals surface area contributed by atoms with Crippen molar-refractivity contribution in [1.82, 2.24) is 70.4 Å².